The highest BCUT2D eigenvalue weighted by atomic mass is 29.3. The van der Waals surface area contributed by atoms with E-state index < -0.39 is 15.4 Å². The van der Waals surface area contributed by atoms with E-state index in [9.17, 15) is 5.11 Å². The predicted octanol–water partition coefficient (Wildman–Crippen LogP) is 2.93. The summed E-state index contributed by atoms with van der Waals surface area (Å²) in [6.07, 6.45) is 1.54. The summed E-state index contributed by atoms with van der Waals surface area (Å²) in [5, 5.41) is 10.1. The number of rotatable bonds is 2. The van der Waals surface area contributed by atoms with Crippen LogP contribution in [0.15, 0.2) is 0 Å². The topological polar surface area (TPSA) is 29.5 Å². The molecule has 1 N–H and O–H groups in total. The quantitative estimate of drug-likeness (QED) is 0.759. The third-order valence-electron chi connectivity index (χ3n) is 4.46. The molecule has 4 heteroatoms. The molecule has 1 aliphatic rings. The lowest BCUT2D eigenvalue weighted by atomic mass is 9.94. The summed E-state index contributed by atoms with van der Waals surface area (Å²) in [6, 6.07) is 1.31. The number of aliphatic hydroxyl groups excluding tert-OH is 1. The third kappa shape index (κ3) is 2.38. The fraction of sp³-hybridized carbons (Fsp3) is 1.00. The maximum absolute atomic E-state index is 10.1. The minimum Gasteiger partial charge on any atom is -0.412 e. The minimum atomic E-state index is -1.55. The van der Waals surface area contributed by atoms with Crippen LogP contribution >= 0.6 is 0 Å². The van der Waals surface area contributed by atoms with E-state index in [1.54, 1.807) is 0 Å². The Morgan fingerprint density at radius 1 is 1.33 bits per heavy atom. The van der Waals surface area contributed by atoms with Crippen LogP contribution in [0.5, 0.6) is 0 Å². The van der Waals surface area contributed by atoms with Gasteiger partial charge in [-0.25, -0.2) is 0 Å². The summed E-state index contributed by atoms with van der Waals surface area (Å²) in [6.45, 7) is 13.7. The van der Waals surface area contributed by atoms with Crippen molar-refractivity contribution in [3.8, 4) is 0 Å². The molecule has 0 bridgehead atoms. The van der Waals surface area contributed by atoms with Crippen LogP contribution in [0.4, 0.5) is 0 Å². The summed E-state index contributed by atoms with van der Waals surface area (Å²) in [5.74, 6) is 0. The van der Waals surface area contributed by atoms with Gasteiger partial charge in [0.1, 0.15) is 0 Å². The van der Waals surface area contributed by atoms with Gasteiger partial charge in [0.2, 0.25) is 0 Å². The van der Waals surface area contributed by atoms with Crippen LogP contribution in [-0.4, -0.2) is 32.2 Å². The van der Waals surface area contributed by atoms with Gasteiger partial charge in [0.15, 0.2) is 7.83 Å². The maximum Gasteiger partial charge on any atom is 0.174 e. The van der Waals surface area contributed by atoms with Crippen LogP contribution in [0.1, 0.15) is 26.7 Å². The van der Waals surface area contributed by atoms with Crippen molar-refractivity contribution in [1.82, 2.24) is 0 Å². The monoisotopic (exact) mass is 246 g/mol. The Kier molecular flexibility index (Phi) is 3.56. The van der Waals surface area contributed by atoms with Gasteiger partial charge >= 0.3 is 0 Å². The minimum absolute atomic E-state index is 0.271. The highest BCUT2D eigenvalue weighted by Gasteiger charge is 2.53. The number of aliphatic hydroxyl groups is 1. The average Bonchev–Trinajstić information content (AvgIpc) is 2.11. The van der Waals surface area contributed by atoms with Crippen LogP contribution in [-0.2, 0) is 4.43 Å². The van der Waals surface area contributed by atoms with Gasteiger partial charge in [-0.3, -0.25) is 0 Å². The van der Waals surface area contributed by atoms with Crippen molar-refractivity contribution < 1.29 is 9.53 Å². The van der Waals surface area contributed by atoms with Crippen molar-refractivity contribution in [1.29, 1.82) is 0 Å². The smallest absolute Gasteiger partial charge is 0.174 e. The van der Waals surface area contributed by atoms with E-state index in [0.29, 0.717) is 0 Å². The van der Waals surface area contributed by atoms with Gasteiger partial charge < -0.3 is 9.53 Å². The molecule has 0 saturated carbocycles. The lowest BCUT2D eigenvalue weighted by Crippen LogP contribution is -2.66. The van der Waals surface area contributed by atoms with E-state index in [2.05, 4.69) is 33.1 Å². The first-order valence-corrected chi connectivity index (χ1v) is 13.1. The molecule has 0 aromatic heterocycles. The number of hydrogen-bond acceptors (Lipinski definition) is 2. The van der Waals surface area contributed by atoms with E-state index >= 15 is 0 Å². The Hall–Kier alpha value is 0.354. The van der Waals surface area contributed by atoms with E-state index in [1.807, 2.05) is 6.92 Å². The summed E-state index contributed by atoms with van der Waals surface area (Å²) < 4.78 is 6.38. The largest absolute Gasteiger partial charge is 0.412 e. The molecule has 2 unspecified atom stereocenters. The molecule has 0 aliphatic carbocycles. The van der Waals surface area contributed by atoms with E-state index in [4.69, 9.17) is 4.43 Å². The molecule has 90 valence electrons. The Morgan fingerprint density at radius 3 is 2.27 bits per heavy atom. The fourth-order valence-corrected chi connectivity index (χ4v) is 9.41. The molecule has 2 atom stereocenters. The van der Waals surface area contributed by atoms with Gasteiger partial charge in [-0.15, -0.1) is 0 Å². The van der Waals surface area contributed by atoms with E-state index in [0.717, 1.165) is 12.8 Å². The summed E-state index contributed by atoms with van der Waals surface area (Å²) in [7, 11) is -2.71. The molecule has 15 heavy (non-hydrogen) atoms. The van der Waals surface area contributed by atoms with E-state index in [-0.39, 0.29) is 11.7 Å². The van der Waals surface area contributed by atoms with Crippen molar-refractivity contribution in [2.45, 2.75) is 70.6 Å². The van der Waals surface area contributed by atoms with Crippen molar-refractivity contribution in [2.75, 3.05) is 0 Å². The molecule has 1 fully saturated rings. The third-order valence-corrected chi connectivity index (χ3v) is 21.0. The highest BCUT2D eigenvalue weighted by molar-refractivity contribution is 7.38. The Labute approximate surface area is 96.0 Å². The summed E-state index contributed by atoms with van der Waals surface area (Å²) in [5.41, 5.74) is -0.271. The molecule has 0 amide bonds. The first kappa shape index (κ1) is 13.4. The molecule has 0 aromatic carbocycles. The molecule has 1 aliphatic heterocycles. The highest BCUT2D eigenvalue weighted by Crippen LogP contribution is 2.40. The zero-order valence-electron chi connectivity index (χ0n) is 11.1. The van der Waals surface area contributed by atoms with Crippen LogP contribution in [0.2, 0.25) is 32.2 Å². The number of hydrogen-bond donors (Lipinski definition) is 1. The Balaban J connectivity index is 2.86. The second kappa shape index (κ2) is 3.98. The molecule has 0 aromatic rings. The zero-order chi connectivity index (χ0) is 11.9. The van der Waals surface area contributed by atoms with Crippen molar-refractivity contribution in [3.63, 3.8) is 0 Å². The molecular weight excluding hydrogens is 220 g/mol. The van der Waals surface area contributed by atoms with Crippen molar-refractivity contribution >= 4 is 15.4 Å². The SMILES string of the molecule is CCC(O)C1(C)CC[Si](C)(C)[Si](C)(C)O1. The predicted molar refractivity (Wildman–Crippen MR) is 70.2 cm³/mol. The van der Waals surface area contributed by atoms with Crippen LogP contribution < -0.4 is 0 Å². The first-order chi connectivity index (χ1) is 6.65. The standard InChI is InChI=1S/C11H26O2Si2/c1-7-10(12)11(2)8-9-14(3,4)15(5,6)13-11/h10,12H,7-9H2,1-6H3. The van der Waals surface area contributed by atoms with Gasteiger partial charge in [-0.05, 0) is 32.9 Å². The summed E-state index contributed by atoms with van der Waals surface area (Å²) >= 11 is 0. The molecule has 0 spiro atoms. The van der Waals surface area contributed by atoms with Gasteiger partial charge in [0.25, 0.3) is 0 Å². The molecule has 1 heterocycles. The first-order valence-electron chi connectivity index (χ1n) is 6.03. The molecule has 2 nitrogen and oxygen atoms in total. The second-order valence-corrected chi connectivity index (χ2v) is 21.4. The average molecular weight is 246 g/mol. The van der Waals surface area contributed by atoms with Crippen LogP contribution in [0.25, 0.3) is 0 Å². The van der Waals surface area contributed by atoms with Gasteiger partial charge in [0.05, 0.1) is 19.3 Å². The fourth-order valence-electron chi connectivity index (χ4n) is 2.30. The van der Waals surface area contributed by atoms with E-state index in [1.165, 1.54) is 6.04 Å². The maximum atomic E-state index is 10.1. The molecule has 0 radical (unpaired) electrons. The summed E-state index contributed by atoms with van der Waals surface area (Å²) in [4.78, 5) is 0. The lowest BCUT2D eigenvalue weighted by molar-refractivity contribution is -0.0530. The second-order valence-electron chi connectivity index (χ2n) is 6.23. The molecule has 1 saturated heterocycles. The molecule has 1 rings (SSSR count). The Bertz CT molecular complexity index is 241. The normalized spacial score (nSPS) is 36.2. The van der Waals surface area contributed by atoms with Crippen LogP contribution in [0, 0.1) is 0 Å². The van der Waals surface area contributed by atoms with Crippen molar-refractivity contribution in [2.24, 2.45) is 0 Å². The molecular formula is C11H26O2Si2. The van der Waals surface area contributed by atoms with Gasteiger partial charge in [-0.2, -0.15) is 0 Å². The van der Waals surface area contributed by atoms with Gasteiger partial charge in [-0.1, -0.05) is 26.1 Å². The zero-order valence-corrected chi connectivity index (χ0v) is 13.1. The van der Waals surface area contributed by atoms with Crippen molar-refractivity contribution in [3.05, 3.63) is 0 Å². The van der Waals surface area contributed by atoms with Gasteiger partial charge in [0, 0.05) is 0 Å². The van der Waals surface area contributed by atoms with Crippen LogP contribution in [0.3, 0.4) is 0 Å². The Morgan fingerprint density at radius 2 is 1.87 bits per heavy atom. The lowest BCUT2D eigenvalue weighted by Gasteiger charge is -2.52.